The number of carbonyl (C=O) groups is 3. The maximum atomic E-state index is 14.2. The van der Waals surface area contributed by atoms with Gasteiger partial charge in [-0.15, -0.1) is 0 Å². The second kappa shape index (κ2) is 10.5. The van der Waals surface area contributed by atoms with Crippen molar-refractivity contribution < 1.29 is 29.3 Å². The highest BCUT2D eigenvalue weighted by atomic mass is 16.5. The lowest BCUT2D eigenvalue weighted by Crippen LogP contribution is -2.54. The van der Waals surface area contributed by atoms with Crippen LogP contribution in [0.2, 0.25) is 0 Å². The number of anilines is 1. The molecule has 0 bridgehead atoms. The van der Waals surface area contributed by atoms with Crippen LogP contribution in [0.15, 0.2) is 47.5 Å². The van der Waals surface area contributed by atoms with Crippen molar-refractivity contribution in [3.05, 3.63) is 47.5 Å². The van der Waals surface area contributed by atoms with Gasteiger partial charge in [-0.2, -0.15) is 0 Å². The van der Waals surface area contributed by atoms with Gasteiger partial charge >= 0.3 is 0 Å². The molecule has 1 fully saturated rings. The molecule has 3 aliphatic heterocycles. The Bertz CT molecular complexity index is 1120. The molecule has 1 saturated heterocycles. The van der Waals surface area contributed by atoms with Crippen molar-refractivity contribution in [2.75, 3.05) is 38.3 Å². The molecule has 2 atom stereocenters. The fourth-order valence-corrected chi connectivity index (χ4v) is 5.61. The van der Waals surface area contributed by atoms with Crippen molar-refractivity contribution >= 4 is 23.4 Å². The highest BCUT2D eigenvalue weighted by Crippen LogP contribution is 2.50. The van der Waals surface area contributed by atoms with Gasteiger partial charge in [0.2, 0.25) is 11.8 Å². The fourth-order valence-electron chi connectivity index (χ4n) is 5.61. The van der Waals surface area contributed by atoms with Crippen LogP contribution in [-0.4, -0.2) is 83.2 Å². The average Bonchev–Trinajstić information content (AvgIpc) is 3.11. The lowest BCUT2D eigenvalue weighted by molar-refractivity contribution is -0.135. The lowest BCUT2D eigenvalue weighted by Gasteiger charge is -2.42. The number of amides is 3. The van der Waals surface area contributed by atoms with Crippen LogP contribution in [0.5, 0.6) is 5.75 Å². The second-order valence-electron chi connectivity index (χ2n) is 9.85. The van der Waals surface area contributed by atoms with Crippen LogP contribution in [0.25, 0.3) is 0 Å². The molecule has 3 heterocycles. The maximum Gasteiger partial charge on any atom is 0.271 e. The molecule has 3 amide bonds. The zero-order valence-corrected chi connectivity index (χ0v) is 21.9. The maximum absolute atomic E-state index is 14.2. The van der Waals surface area contributed by atoms with E-state index < -0.39 is 18.1 Å². The van der Waals surface area contributed by atoms with Crippen LogP contribution < -0.4 is 10.2 Å². The van der Waals surface area contributed by atoms with Gasteiger partial charge in [0.15, 0.2) is 0 Å². The summed E-state index contributed by atoms with van der Waals surface area (Å²) in [6.07, 6.45) is 3.81. The van der Waals surface area contributed by atoms with E-state index in [0.717, 1.165) is 5.70 Å². The van der Waals surface area contributed by atoms with Gasteiger partial charge in [0.05, 0.1) is 12.6 Å². The van der Waals surface area contributed by atoms with E-state index in [9.17, 15) is 14.4 Å². The first-order valence-corrected chi connectivity index (χ1v) is 12.8. The highest BCUT2D eigenvalue weighted by Gasteiger charge is 2.59. The minimum Gasteiger partial charge on any atom is -0.593 e. The topological polar surface area (TPSA) is 125 Å². The number of fused-ring (bicyclic) bond motifs is 1. The third-order valence-corrected chi connectivity index (χ3v) is 7.64. The Kier molecular flexibility index (Phi) is 7.49. The van der Waals surface area contributed by atoms with E-state index in [-0.39, 0.29) is 23.8 Å². The molecule has 0 aliphatic carbocycles. The summed E-state index contributed by atoms with van der Waals surface area (Å²) in [5, 5.41) is 20.0. The number of likely N-dealkylation sites (N-methyl/N-ethyl adjacent to an activating group) is 1. The fraction of sp³-hybridized carbons (Fsp3) is 0.519. The van der Waals surface area contributed by atoms with E-state index in [1.807, 2.05) is 38.8 Å². The van der Waals surface area contributed by atoms with E-state index in [2.05, 4.69) is 5.32 Å². The molecular weight excluding hydrogens is 476 g/mol. The number of rotatable bonds is 7. The summed E-state index contributed by atoms with van der Waals surface area (Å²) in [5.74, 6) is -0.0780. The minimum atomic E-state index is -1.12. The molecule has 200 valence electrons. The number of ether oxygens (including phenoxy) is 1. The molecule has 4 N–H and O–H groups in total. The van der Waals surface area contributed by atoms with Crippen LogP contribution in [0.3, 0.4) is 0 Å². The summed E-state index contributed by atoms with van der Waals surface area (Å²) in [5.41, 5.74) is 0.726. The van der Waals surface area contributed by atoms with Crippen molar-refractivity contribution in [1.82, 2.24) is 15.1 Å². The summed E-state index contributed by atoms with van der Waals surface area (Å²) in [7, 11) is 1.81. The Morgan fingerprint density at radius 1 is 1.19 bits per heavy atom. The number of allylic oxidation sites excluding steroid dienone is 1. The second-order valence-corrected chi connectivity index (χ2v) is 9.85. The first-order valence-electron chi connectivity index (χ1n) is 12.8. The van der Waals surface area contributed by atoms with E-state index >= 15 is 0 Å². The number of hydrogen-bond donors (Lipinski definition) is 2. The predicted molar refractivity (Wildman–Crippen MR) is 139 cm³/mol. The number of hydrogen-bond acceptors (Lipinski definition) is 6. The zero-order valence-electron chi connectivity index (χ0n) is 21.9. The van der Waals surface area contributed by atoms with Crippen molar-refractivity contribution in [1.29, 1.82) is 0 Å². The van der Waals surface area contributed by atoms with Crippen LogP contribution in [0.1, 0.15) is 40.0 Å². The van der Waals surface area contributed by atoms with E-state index in [0.29, 0.717) is 61.9 Å². The van der Waals surface area contributed by atoms with Crippen LogP contribution in [0, 0.1) is 5.41 Å². The van der Waals surface area contributed by atoms with Crippen molar-refractivity contribution in [2.45, 2.75) is 52.1 Å². The molecule has 4 rings (SSSR count). The normalized spacial score (nSPS) is 24.2. The molecule has 1 aromatic carbocycles. The molecule has 0 saturated carbocycles. The highest BCUT2D eigenvalue weighted by molar-refractivity contribution is 6.06. The number of benzene rings is 1. The zero-order chi connectivity index (χ0) is 26.9. The largest absolute Gasteiger partial charge is 0.593 e. The Balaban J connectivity index is 1.66. The van der Waals surface area contributed by atoms with Gasteiger partial charge in [0.1, 0.15) is 23.5 Å². The Morgan fingerprint density at radius 2 is 1.84 bits per heavy atom. The smallest absolute Gasteiger partial charge is 0.271 e. The first-order chi connectivity index (χ1) is 17.7. The number of aliphatic hydroxyl groups is 1. The van der Waals surface area contributed by atoms with Crippen molar-refractivity contribution in [3.8, 4) is 5.75 Å². The van der Waals surface area contributed by atoms with Crippen molar-refractivity contribution in [2.24, 2.45) is 5.41 Å². The van der Waals surface area contributed by atoms with Crippen LogP contribution in [-0.2, 0) is 19.1 Å². The molecule has 3 aliphatic rings. The predicted octanol–water partition coefficient (Wildman–Crippen LogP) is 1.43. The average molecular weight is 514 g/mol. The van der Waals surface area contributed by atoms with Crippen LogP contribution in [0.4, 0.5) is 5.69 Å². The van der Waals surface area contributed by atoms with Crippen LogP contribution >= 0.6 is 0 Å². The summed E-state index contributed by atoms with van der Waals surface area (Å²) in [4.78, 5) is 44.7. The third-order valence-electron chi connectivity index (χ3n) is 7.64. The number of nitrogens with zero attached hydrogens (tertiary/aromatic N) is 3. The Morgan fingerprint density at radius 3 is 2.41 bits per heavy atom. The molecule has 10 heteroatoms. The van der Waals surface area contributed by atoms with Gasteiger partial charge in [0.25, 0.3) is 11.7 Å². The Labute approximate surface area is 217 Å². The monoisotopic (exact) mass is 513 g/mol. The SMILES string of the molecule is CCOC1=C(C(=O)NC2CCN(C(=O)CO)CC2)N(C)C2C=C(CC)N(c3ccc([OH2+])cc3)C(=O)C12C. The number of likely N-dealkylation sites (tertiary alicyclic amines) is 1. The van der Waals surface area contributed by atoms with E-state index in [4.69, 9.17) is 14.9 Å². The molecule has 2 unspecified atom stereocenters. The lowest BCUT2D eigenvalue weighted by atomic mass is 9.77. The number of piperidine rings is 1. The summed E-state index contributed by atoms with van der Waals surface area (Å²) in [6.45, 7) is 6.36. The van der Waals surface area contributed by atoms with Gasteiger partial charge in [0, 0.05) is 49.7 Å². The molecule has 0 spiro atoms. The molecular formula is C27H37N4O6+. The van der Waals surface area contributed by atoms with Gasteiger partial charge in [-0.25, -0.2) is 0 Å². The quantitative estimate of drug-likeness (QED) is 0.532. The molecule has 1 aromatic rings. The Hall–Kier alpha value is -3.53. The van der Waals surface area contributed by atoms with E-state index in [1.165, 1.54) is 0 Å². The van der Waals surface area contributed by atoms with Gasteiger partial charge in [-0.1, -0.05) is 6.92 Å². The minimum absolute atomic E-state index is 0.133. The molecule has 0 aromatic heterocycles. The molecule has 10 nitrogen and oxygen atoms in total. The molecule has 37 heavy (non-hydrogen) atoms. The summed E-state index contributed by atoms with van der Waals surface area (Å²) < 4.78 is 6.06. The third kappa shape index (κ3) is 4.54. The van der Waals surface area contributed by atoms with E-state index in [1.54, 1.807) is 34.1 Å². The molecule has 0 radical (unpaired) electrons. The number of nitrogens with one attached hydrogen (secondary N) is 1. The standard InChI is InChI=1S/C27H36N4O6/c1-5-18-15-21-27(3,26(36)31(18)19-7-9-20(33)10-8-19)24(37-6-2)23(29(21)4)25(35)28-17-11-13-30(14-12-17)22(34)16-32/h7-10,15,17,21,32-33H,5-6,11-14,16H2,1-4H3,(H,28,35)/p+1. The summed E-state index contributed by atoms with van der Waals surface area (Å²) >= 11 is 0. The number of carbonyl (C=O) groups excluding carboxylic acids is 3. The summed E-state index contributed by atoms with van der Waals surface area (Å²) in [6, 6.07) is 6.31. The van der Waals surface area contributed by atoms with Gasteiger partial charge in [-0.3, -0.25) is 19.3 Å². The first kappa shape index (κ1) is 26.5. The van der Waals surface area contributed by atoms with Gasteiger partial charge < -0.3 is 30.1 Å². The number of aliphatic hydroxyl groups excluding tert-OH is 1. The van der Waals surface area contributed by atoms with Gasteiger partial charge in [-0.05, 0) is 51.3 Å². The van der Waals surface area contributed by atoms with Crippen molar-refractivity contribution in [3.63, 3.8) is 0 Å².